The molecule has 0 spiro atoms. The summed E-state index contributed by atoms with van der Waals surface area (Å²) in [5.74, 6) is -0.926. The topological polar surface area (TPSA) is 86.8 Å². The molecule has 2 amide bonds. The lowest BCUT2D eigenvalue weighted by Gasteiger charge is -2.33. The molecule has 1 N–H and O–H groups in total. The maximum atomic E-state index is 13.8. The first-order chi connectivity index (χ1) is 17.6. The number of aryl methyl sites for hydroxylation is 1. The Morgan fingerprint density at radius 2 is 1.65 bits per heavy atom. The van der Waals surface area contributed by atoms with Gasteiger partial charge in [0.05, 0.1) is 10.6 Å². The average Bonchev–Trinajstić information content (AvgIpc) is 2.88. The Balaban J connectivity index is 2.07. The Labute approximate surface area is 228 Å². The predicted molar refractivity (Wildman–Crippen MR) is 147 cm³/mol. The number of carbonyl (C=O) groups excluding carboxylic acids is 2. The molecule has 37 heavy (non-hydrogen) atoms. The van der Waals surface area contributed by atoms with Crippen LogP contribution < -0.4 is 9.62 Å². The van der Waals surface area contributed by atoms with Crippen molar-refractivity contribution >= 4 is 50.7 Å². The van der Waals surface area contributed by atoms with Gasteiger partial charge in [0.1, 0.15) is 12.6 Å². The lowest BCUT2D eigenvalue weighted by atomic mass is 10.1. The minimum Gasteiger partial charge on any atom is -0.357 e. The van der Waals surface area contributed by atoms with Crippen LogP contribution in [0.2, 0.25) is 10.0 Å². The molecular formula is C27H29Cl2N3O4S. The fraction of sp³-hybridized carbons (Fsp3) is 0.259. The Hall–Kier alpha value is -3.07. The largest absolute Gasteiger partial charge is 0.357 e. The molecule has 0 aliphatic rings. The van der Waals surface area contributed by atoms with Crippen molar-refractivity contribution in [2.24, 2.45) is 0 Å². The first-order valence-corrected chi connectivity index (χ1v) is 13.9. The highest BCUT2D eigenvalue weighted by Gasteiger charge is 2.33. The highest BCUT2D eigenvalue weighted by molar-refractivity contribution is 7.92. The van der Waals surface area contributed by atoms with Gasteiger partial charge in [-0.05, 0) is 55.3 Å². The number of amides is 2. The third-order valence-electron chi connectivity index (χ3n) is 5.91. The van der Waals surface area contributed by atoms with Crippen LogP contribution in [0, 0.1) is 6.92 Å². The van der Waals surface area contributed by atoms with Crippen molar-refractivity contribution in [3.63, 3.8) is 0 Å². The summed E-state index contributed by atoms with van der Waals surface area (Å²) in [6, 6.07) is 18.8. The van der Waals surface area contributed by atoms with Gasteiger partial charge in [0.25, 0.3) is 10.0 Å². The van der Waals surface area contributed by atoms with E-state index in [-0.39, 0.29) is 23.0 Å². The summed E-state index contributed by atoms with van der Waals surface area (Å²) in [7, 11) is -2.67. The quantitative estimate of drug-likeness (QED) is 0.375. The lowest BCUT2D eigenvalue weighted by Crippen LogP contribution is -2.51. The van der Waals surface area contributed by atoms with E-state index in [2.05, 4.69) is 5.32 Å². The first kappa shape index (κ1) is 28.5. The summed E-state index contributed by atoms with van der Waals surface area (Å²) in [5.41, 5.74) is 1.76. The van der Waals surface area contributed by atoms with Gasteiger partial charge in [0.15, 0.2) is 0 Å². The van der Waals surface area contributed by atoms with Crippen molar-refractivity contribution < 1.29 is 18.0 Å². The fourth-order valence-corrected chi connectivity index (χ4v) is 5.68. The molecule has 0 aliphatic carbocycles. The number of likely N-dealkylation sites (N-methyl/N-ethyl adjacent to an activating group) is 1. The summed E-state index contributed by atoms with van der Waals surface area (Å²) in [6.45, 7) is 3.11. The van der Waals surface area contributed by atoms with Crippen LogP contribution in [0.15, 0.2) is 77.7 Å². The maximum absolute atomic E-state index is 13.8. The third-order valence-corrected chi connectivity index (χ3v) is 8.31. The molecule has 0 heterocycles. The zero-order valence-corrected chi connectivity index (χ0v) is 23.1. The van der Waals surface area contributed by atoms with Crippen molar-refractivity contribution in [3.05, 3.63) is 94.0 Å². The molecule has 0 aromatic heterocycles. The van der Waals surface area contributed by atoms with Gasteiger partial charge in [0, 0.05) is 23.6 Å². The highest BCUT2D eigenvalue weighted by Crippen LogP contribution is 2.27. The Morgan fingerprint density at radius 1 is 0.973 bits per heavy atom. The molecule has 0 unspecified atom stereocenters. The van der Waals surface area contributed by atoms with Crippen molar-refractivity contribution in [2.45, 2.75) is 37.8 Å². The van der Waals surface area contributed by atoms with Crippen LogP contribution in [-0.2, 0) is 26.2 Å². The van der Waals surface area contributed by atoms with Crippen LogP contribution in [-0.4, -0.2) is 44.8 Å². The van der Waals surface area contributed by atoms with Crippen molar-refractivity contribution in [2.75, 3.05) is 17.9 Å². The minimum atomic E-state index is -4.15. The number of benzene rings is 3. The number of hydrogen-bond donors (Lipinski definition) is 1. The van der Waals surface area contributed by atoms with Crippen LogP contribution in [0.1, 0.15) is 24.5 Å². The number of hydrogen-bond acceptors (Lipinski definition) is 4. The van der Waals surface area contributed by atoms with Crippen LogP contribution in [0.3, 0.4) is 0 Å². The molecule has 3 rings (SSSR count). The van der Waals surface area contributed by atoms with Crippen molar-refractivity contribution in [3.8, 4) is 0 Å². The van der Waals surface area contributed by atoms with Gasteiger partial charge < -0.3 is 10.2 Å². The summed E-state index contributed by atoms with van der Waals surface area (Å²) < 4.78 is 28.6. The second-order valence-corrected chi connectivity index (χ2v) is 11.2. The van der Waals surface area contributed by atoms with E-state index in [1.54, 1.807) is 61.5 Å². The van der Waals surface area contributed by atoms with E-state index in [9.17, 15) is 18.0 Å². The van der Waals surface area contributed by atoms with Crippen LogP contribution in [0.5, 0.6) is 0 Å². The molecule has 10 heteroatoms. The predicted octanol–water partition coefficient (Wildman–Crippen LogP) is 5.05. The van der Waals surface area contributed by atoms with Gasteiger partial charge in [-0.25, -0.2) is 8.42 Å². The number of halogens is 2. The maximum Gasteiger partial charge on any atom is 0.264 e. The number of nitrogens with one attached hydrogen (secondary N) is 1. The summed E-state index contributed by atoms with van der Waals surface area (Å²) in [4.78, 5) is 28.0. The molecular weight excluding hydrogens is 533 g/mol. The summed E-state index contributed by atoms with van der Waals surface area (Å²) in [6.07, 6.45) is 0.317. The van der Waals surface area contributed by atoms with E-state index in [1.807, 2.05) is 6.92 Å². The summed E-state index contributed by atoms with van der Waals surface area (Å²) in [5, 5.41) is 3.34. The number of nitrogens with zero attached hydrogens (tertiary/aromatic N) is 2. The molecule has 0 radical (unpaired) electrons. The average molecular weight is 563 g/mol. The van der Waals surface area contributed by atoms with E-state index >= 15 is 0 Å². The number of rotatable bonds is 10. The van der Waals surface area contributed by atoms with Crippen LogP contribution in [0.4, 0.5) is 5.69 Å². The Morgan fingerprint density at radius 3 is 2.24 bits per heavy atom. The van der Waals surface area contributed by atoms with Crippen LogP contribution >= 0.6 is 23.2 Å². The van der Waals surface area contributed by atoms with E-state index in [0.29, 0.717) is 22.0 Å². The van der Waals surface area contributed by atoms with E-state index < -0.39 is 28.5 Å². The van der Waals surface area contributed by atoms with E-state index in [0.717, 1.165) is 9.87 Å². The van der Waals surface area contributed by atoms with Gasteiger partial charge in [-0.1, -0.05) is 72.1 Å². The van der Waals surface area contributed by atoms with Gasteiger partial charge in [-0.3, -0.25) is 13.9 Å². The minimum absolute atomic E-state index is 0.0262. The monoisotopic (exact) mass is 561 g/mol. The standard InChI is InChI=1S/C27H29Cl2N3O4S/c1-4-25(27(34)30-3)31(17-20-8-5-6-11-24(20)29)26(33)18-32(22-10-7-9-21(28)16-22)37(35,36)23-14-12-19(2)13-15-23/h5-16,25H,4,17-18H2,1-3H3,(H,30,34)/t25-/m1/s1. The molecule has 0 fully saturated rings. The van der Waals surface area contributed by atoms with E-state index in [4.69, 9.17) is 23.2 Å². The first-order valence-electron chi connectivity index (χ1n) is 11.7. The molecule has 1 atom stereocenters. The van der Waals surface area contributed by atoms with Gasteiger partial charge in [-0.15, -0.1) is 0 Å². The fourth-order valence-electron chi connectivity index (χ4n) is 3.89. The molecule has 7 nitrogen and oxygen atoms in total. The second kappa shape index (κ2) is 12.4. The second-order valence-electron chi connectivity index (χ2n) is 8.46. The van der Waals surface area contributed by atoms with Crippen molar-refractivity contribution in [1.29, 1.82) is 0 Å². The molecule has 3 aromatic rings. The van der Waals surface area contributed by atoms with Crippen molar-refractivity contribution in [1.82, 2.24) is 10.2 Å². The number of carbonyl (C=O) groups is 2. The molecule has 0 saturated carbocycles. The Bertz CT molecular complexity index is 1360. The summed E-state index contributed by atoms with van der Waals surface area (Å²) >= 11 is 12.5. The number of anilines is 1. The normalized spacial score (nSPS) is 12.0. The van der Waals surface area contributed by atoms with E-state index in [1.165, 1.54) is 30.1 Å². The zero-order valence-electron chi connectivity index (χ0n) is 20.8. The molecule has 0 saturated heterocycles. The molecule has 0 aliphatic heterocycles. The van der Waals surface area contributed by atoms with Gasteiger partial charge >= 0.3 is 0 Å². The smallest absolute Gasteiger partial charge is 0.264 e. The third kappa shape index (κ3) is 6.83. The molecule has 3 aromatic carbocycles. The molecule has 196 valence electrons. The van der Waals surface area contributed by atoms with Gasteiger partial charge in [0.2, 0.25) is 11.8 Å². The lowest BCUT2D eigenvalue weighted by molar-refractivity contribution is -0.140. The van der Waals surface area contributed by atoms with Gasteiger partial charge in [-0.2, -0.15) is 0 Å². The zero-order chi connectivity index (χ0) is 27.2. The Kier molecular flexibility index (Phi) is 9.59. The molecule has 0 bridgehead atoms. The highest BCUT2D eigenvalue weighted by atomic mass is 35.5. The number of sulfonamides is 1. The van der Waals surface area contributed by atoms with Crippen LogP contribution in [0.25, 0.3) is 0 Å². The SMILES string of the molecule is CC[C@H](C(=O)NC)N(Cc1ccccc1Cl)C(=O)CN(c1cccc(Cl)c1)S(=O)(=O)c1ccc(C)cc1.